The molecule has 7 heteroatoms. The van der Waals surface area contributed by atoms with Crippen LogP contribution in [0, 0.1) is 13.8 Å². The van der Waals surface area contributed by atoms with E-state index < -0.39 is 0 Å². The highest BCUT2D eigenvalue weighted by molar-refractivity contribution is 7.99. The number of hydrogen-bond acceptors (Lipinski definition) is 5. The molecular formula is C19H20N4OS2. The Hall–Kier alpha value is -2.38. The van der Waals surface area contributed by atoms with Gasteiger partial charge in [-0.25, -0.2) is 0 Å². The maximum Gasteiger partial charge on any atom is 0.234 e. The molecular weight excluding hydrogens is 364 g/mol. The molecule has 0 bridgehead atoms. The van der Waals surface area contributed by atoms with E-state index in [1.807, 2.05) is 48.1 Å². The highest BCUT2D eigenvalue weighted by Gasteiger charge is 2.15. The van der Waals surface area contributed by atoms with Crippen molar-refractivity contribution in [3.8, 4) is 10.7 Å². The highest BCUT2D eigenvalue weighted by Crippen LogP contribution is 2.27. The number of nitrogens with one attached hydrogen (secondary N) is 1. The quantitative estimate of drug-likeness (QED) is 0.480. The summed E-state index contributed by atoms with van der Waals surface area (Å²) in [5.74, 6) is 1.01. The summed E-state index contributed by atoms with van der Waals surface area (Å²) in [6.07, 6.45) is 1.81. The Bertz CT molecular complexity index is 896. The molecule has 0 radical (unpaired) electrons. The molecule has 2 heterocycles. The number of aryl methyl sites for hydroxylation is 2. The third-order valence-electron chi connectivity index (χ3n) is 3.61. The van der Waals surface area contributed by atoms with Crippen LogP contribution in [-0.4, -0.2) is 26.4 Å². The zero-order valence-electron chi connectivity index (χ0n) is 14.7. The van der Waals surface area contributed by atoms with E-state index in [-0.39, 0.29) is 11.7 Å². The molecule has 3 aromatic rings. The Morgan fingerprint density at radius 2 is 2.08 bits per heavy atom. The number of nitrogens with zero attached hydrogens (tertiary/aromatic N) is 3. The summed E-state index contributed by atoms with van der Waals surface area (Å²) in [6, 6.07) is 10.00. The lowest BCUT2D eigenvalue weighted by Gasteiger charge is -2.08. The van der Waals surface area contributed by atoms with Gasteiger partial charge in [0, 0.05) is 12.2 Å². The number of carbonyl (C=O) groups excluding carboxylic acids is 1. The van der Waals surface area contributed by atoms with Crippen LogP contribution in [0.25, 0.3) is 10.7 Å². The molecule has 0 fully saturated rings. The lowest BCUT2D eigenvalue weighted by molar-refractivity contribution is -0.113. The number of carbonyl (C=O) groups is 1. The number of aromatic nitrogens is 3. The molecule has 26 heavy (non-hydrogen) atoms. The molecule has 0 spiro atoms. The number of thioether (sulfide) groups is 1. The smallest absolute Gasteiger partial charge is 0.234 e. The Balaban J connectivity index is 1.69. The maximum atomic E-state index is 12.3. The predicted octanol–water partition coefficient (Wildman–Crippen LogP) is 4.54. The summed E-state index contributed by atoms with van der Waals surface area (Å²) in [4.78, 5) is 13.4. The van der Waals surface area contributed by atoms with Crippen molar-refractivity contribution in [1.29, 1.82) is 0 Å². The summed E-state index contributed by atoms with van der Waals surface area (Å²) < 4.78 is 1.98. The van der Waals surface area contributed by atoms with E-state index in [1.165, 1.54) is 11.8 Å². The molecule has 0 saturated carbocycles. The Labute approximate surface area is 161 Å². The van der Waals surface area contributed by atoms with Crippen LogP contribution in [0.3, 0.4) is 0 Å². The van der Waals surface area contributed by atoms with Gasteiger partial charge in [0.05, 0.1) is 10.6 Å². The van der Waals surface area contributed by atoms with Crippen molar-refractivity contribution < 1.29 is 4.79 Å². The van der Waals surface area contributed by atoms with Gasteiger partial charge in [0.2, 0.25) is 5.91 Å². The maximum absolute atomic E-state index is 12.3. The van der Waals surface area contributed by atoms with Crippen molar-refractivity contribution >= 4 is 34.7 Å². The zero-order valence-corrected chi connectivity index (χ0v) is 16.4. The number of hydrogen-bond donors (Lipinski definition) is 1. The first-order chi connectivity index (χ1) is 12.6. The van der Waals surface area contributed by atoms with Crippen molar-refractivity contribution in [2.45, 2.75) is 25.5 Å². The second kappa shape index (κ2) is 8.33. The van der Waals surface area contributed by atoms with E-state index in [2.05, 4.69) is 28.2 Å². The van der Waals surface area contributed by atoms with E-state index in [9.17, 15) is 4.79 Å². The van der Waals surface area contributed by atoms with E-state index in [1.54, 1.807) is 17.4 Å². The molecule has 1 N–H and O–H groups in total. The molecule has 0 unspecified atom stereocenters. The number of rotatable bonds is 7. The minimum atomic E-state index is -0.0640. The van der Waals surface area contributed by atoms with Gasteiger partial charge < -0.3 is 5.32 Å². The summed E-state index contributed by atoms with van der Waals surface area (Å²) in [5, 5.41) is 14.2. The molecule has 5 nitrogen and oxygen atoms in total. The Morgan fingerprint density at radius 3 is 2.73 bits per heavy atom. The Kier molecular flexibility index (Phi) is 5.90. The van der Waals surface area contributed by atoms with E-state index >= 15 is 0 Å². The topological polar surface area (TPSA) is 59.8 Å². The molecule has 0 aliphatic rings. The summed E-state index contributed by atoms with van der Waals surface area (Å²) in [5.41, 5.74) is 3.07. The molecule has 0 aliphatic carbocycles. The van der Waals surface area contributed by atoms with Crippen LogP contribution in [0.15, 0.2) is 53.5 Å². The molecule has 134 valence electrons. The average molecular weight is 385 g/mol. The first kappa shape index (κ1) is 18.4. The largest absolute Gasteiger partial charge is 0.325 e. The van der Waals surface area contributed by atoms with Crippen LogP contribution in [0.2, 0.25) is 0 Å². The van der Waals surface area contributed by atoms with Crippen LogP contribution in [0.4, 0.5) is 5.69 Å². The van der Waals surface area contributed by atoms with Gasteiger partial charge in [-0.1, -0.05) is 30.0 Å². The van der Waals surface area contributed by atoms with Crippen molar-refractivity contribution in [3.05, 3.63) is 59.5 Å². The molecule has 3 rings (SSSR count). The molecule has 0 saturated heterocycles. The van der Waals surface area contributed by atoms with Crippen LogP contribution in [0.5, 0.6) is 0 Å². The summed E-state index contributed by atoms with van der Waals surface area (Å²) >= 11 is 2.99. The lowest BCUT2D eigenvalue weighted by atomic mass is 10.1. The minimum Gasteiger partial charge on any atom is -0.325 e. The summed E-state index contributed by atoms with van der Waals surface area (Å²) in [6.45, 7) is 8.43. The van der Waals surface area contributed by atoms with E-state index in [0.29, 0.717) is 11.7 Å². The standard InChI is InChI=1S/C19H20N4OS2/c1-4-7-23-18(16-6-5-8-25-16)21-22-19(23)26-12-17(24)20-15-10-13(2)9-14(3)11-15/h4-6,8-11H,1,7,12H2,2-3H3,(H,20,24). The fraction of sp³-hybridized carbons (Fsp3) is 0.211. The third-order valence-corrected chi connectivity index (χ3v) is 5.44. The monoisotopic (exact) mass is 384 g/mol. The molecule has 0 aliphatic heterocycles. The normalized spacial score (nSPS) is 10.7. The van der Waals surface area contributed by atoms with E-state index in [0.717, 1.165) is 27.5 Å². The summed E-state index contributed by atoms with van der Waals surface area (Å²) in [7, 11) is 0. The predicted molar refractivity (Wildman–Crippen MR) is 109 cm³/mol. The van der Waals surface area contributed by atoms with Gasteiger partial charge in [-0.3, -0.25) is 9.36 Å². The van der Waals surface area contributed by atoms with Crippen molar-refractivity contribution in [2.24, 2.45) is 0 Å². The van der Waals surface area contributed by atoms with Gasteiger partial charge in [-0.05, 0) is 48.6 Å². The fourth-order valence-corrected chi connectivity index (χ4v) is 4.12. The lowest BCUT2D eigenvalue weighted by Crippen LogP contribution is -2.15. The van der Waals surface area contributed by atoms with Gasteiger partial charge in [0.25, 0.3) is 0 Å². The number of allylic oxidation sites excluding steroid dienone is 1. The van der Waals surface area contributed by atoms with E-state index in [4.69, 9.17) is 0 Å². The van der Waals surface area contributed by atoms with Crippen LogP contribution < -0.4 is 5.32 Å². The van der Waals surface area contributed by atoms with Crippen LogP contribution in [-0.2, 0) is 11.3 Å². The van der Waals surface area contributed by atoms with Gasteiger partial charge in [-0.2, -0.15) is 0 Å². The van der Waals surface area contributed by atoms with Crippen molar-refractivity contribution in [1.82, 2.24) is 14.8 Å². The highest BCUT2D eigenvalue weighted by atomic mass is 32.2. The van der Waals surface area contributed by atoms with Gasteiger partial charge in [-0.15, -0.1) is 28.1 Å². The minimum absolute atomic E-state index is 0.0640. The average Bonchev–Trinajstić information content (AvgIpc) is 3.22. The first-order valence-corrected chi connectivity index (χ1v) is 10.0. The van der Waals surface area contributed by atoms with Gasteiger partial charge >= 0.3 is 0 Å². The second-order valence-corrected chi connectivity index (χ2v) is 7.79. The number of anilines is 1. The SMILES string of the molecule is C=CCn1c(SCC(=O)Nc2cc(C)cc(C)c2)nnc1-c1cccs1. The van der Waals surface area contributed by atoms with Gasteiger partial charge in [0.15, 0.2) is 11.0 Å². The first-order valence-electron chi connectivity index (χ1n) is 8.15. The fourth-order valence-electron chi connectivity index (χ4n) is 2.65. The zero-order chi connectivity index (χ0) is 18.5. The van der Waals surface area contributed by atoms with Crippen LogP contribution >= 0.6 is 23.1 Å². The Morgan fingerprint density at radius 1 is 1.31 bits per heavy atom. The van der Waals surface area contributed by atoms with Crippen molar-refractivity contribution in [2.75, 3.05) is 11.1 Å². The van der Waals surface area contributed by atoms with Crippen LogP contribution in [0.1, 0.15) is 11.1 Å². The number of benzene rings is 1. The third kappa shape index (κ3) is 4.42. The second-order valence-electron chi connectivity index (χ2n) is 5.90. The molecule has 0 atom stereocenters. The number of amides is 1. The van der Waals surface area contributed by atoms with Gasteiger partial charge in [0.1, 0.15) is 0 Å². The number of thiophene rings is 1. The van der Waals surface area contributed by atoms with Crippen molar-refractivity contribution in [3.63, 3.8) is 0 Å². The molecule has 1 aromatic carbocycles. The molecule has 1 amide bonds. The molecule has 2 aromatic heterocycles.